The minimum Gasteiger partial charge on any atom is -0.366 e. The Kier molecular flexibility index (Phi) is 5.05. The van der Waals surface area contributed by atoms with E-state index < -0.39 is 0 Å². The second kappa shape index (κ2) is 6.64. The number of amides is 2. The number of nitrogens with one attached hydrogen (secondary N) is 1. The second-order valence-corrected chi connectivity index (χ2v) is 6.78. The van der Waals surface area contributed by atoms with E-state index in [0.717, 1.165) is 0 Å². The molecular weight excluding hydrogens is 284 g/mol. The number of hydrogen-bond acceptors (Lipinski definition) is 5. The summed E-state index contributed by atoms with van der Waals surface area (Å²) in [7, 11) is 0. The van der Waals surface area contributed by atoms with Crippen molar-refractivity contribution in [3.8, 4) is 0 Å². The van der Waals surface area contributed by atoms with Gasteiger partial charge in [0.15, 0.2) is 0 Å². The maximum absolute atomic E-state index is 12.3. The molecule has 0 bridgehead atoms. The van der Waals surface area contributed by atoms with Gasteiger partial charge in [0.2, 0.25) is 11.7 Å². The van der Waals surface area contributed by atoms with Crippen molar-refractivity contribution in [3.05, 3.63) is 11.7 Å². The SMILES string of the molecule is Cc1nc(C2CN(C(=O)NCC(C)(C)C(C)C)CCO2)no1. The molecule has 1 unspecified atom stereocenters. The number of ether oxygens (including phenoxy) is 1. The van der Waals surface area contributed by atoms with Gasteiger partial charge in [0.25, 0.3) is 0 Å². The summed E-state index contributed by atoms with van der Waals surface area (Å²) in [6.45, 7) is 12.5. The van der Waals surface area contributed by atoms with Gasteiger partial charge in [-0.1, -0.05) is 32.9 Å². The third-order valence-electron chi connectivity index (χ3n) is 4.44. The molecule has 2 amide bonds. The van der Waals surface area contributed by atoms with Crippen molar-refractivity contribution in [2.24, 2.45) is 11.3 Å². The van der Waals surface area contributed by atoms with Crippen molar-refractivity contribution in [1.82, 2.24) is 20.4 Å². The molecule has 1 N–H and O–H groups in total. The van der Waals surface area contributed by atoms with Crippen LogP contribution in [0.4, 0.5) is 4.79 Å². The van der Waals surface area contributed by atoms with Crippen LogP contribution in [0.2, 0.25) is 0 Å². The summed E-state index contributed by atoms with van der Waals surface area (Å²) in [5.41, 5.74) is 0.0616. The molecule has 124 valence electrons. The fourth-order valence-corrected chi connectivity index (χ4v) is 2.06. The van der Waals surface area contributed by atoms with E-state index in [1.807, 2.05) is 0 Å². The van der Waals surface area contributed by atoms with Gasteiger partial charge in [-0.3, -0.25) is 0 Å². The zero-order valence-corrected chi connectivity index (χ0v) is 14.0. The Morgan fingerprint density at radius 3 is 2.82 bits per heavy atom. The summed E-state index contributed by atoms with van der Waals surface area (Å²) >= 11 is 0. The molecule has 2 rings (SSSR count). The van der Waals surface area contributed by atoms with Crippen LogP contribution in [0, 0.1) is 18.3 Å². The quantitative estimate of drug-likeness (QED) is 0.921. The third-order valence-corrected chi connectivity index (χ3v) is 4.44. The molecule has 0 spiro atoms. The van der Waals surface area contributed by atoms with Gasteiger partial charge >= 0.3 is 6.03 Å². The zero-order chi connectivity index (χ0) is 16.3. The van der Waals surface area contributed by atoms with Crippen molar-refractivity contribution >= 4 is 6.03 Å². The Labute approximate surface area is 131 Å². The Hall–Kier alpha value is -1.63. The maximum Gasteiger partial charge on any atom is 0.317 e. The van der Waals surface area contributed by atoms with Gasteiger partial charge in [0, 0.05) is 20.0 Å². The van der Waals surface area contributed by atoms with Crippen LogP contribution in [0.3, 0.4) is 0 Å². The molecule has 1 saturated heterocycles. The summed E-state index contributed by atoms with van der Waals surface area (Å²) in [5.74, 6) is 1.49. The van der Waals surface area contributed by atoms with E-state index in [4.69, 9.17) is 9.26 Å². The third kappa shape index (κ3) is 3.97. The van der Waals surface area contributed by atoms with Crippen LogP contribution >= 0.6 is 0 Å². The first-order valence-corrected chi connectivity index (χ1v) is 7.74. The van der Waals surface area contributed by atoms with Crippen LogP contribution in [-0.4, -0.2) is 47.3 Å². The molecule has 0 aliphatic carbocycles. The van der Waals surface area contributed by atoms with E-state index in [-0.39, 0.29) is 17.6 Å². The number of urea groups is 1. The molecule has 1 aromatic rings. The van der Waals surface area contributed by atoms with E-state index >= 15 is 0 Å². The average Bonchev–Trinajstić information content (AvgIpc) is 2.91. The lowest BCUT2D eigenvalue weighted by atomic mass is 9.81. The van der Waals surface area contributed by atoms with E-state index in [0.29, 0.717) is 43.9 Å². The summed E-state index contributed by atoms with van der Waals surface area (Å²) in [5, 5.41) is 6.89. The van der Waals surface area contributed by atoms with Crippen LogP contribution in [0.5, 0.6) is 0 Å². The Bertz CT molecular complexity index is 513. The lowest BCUT2D eigenvalue weighted by Crippen LogP contribution is -2.49. The highest BCUT2D eigenvalue weighted by Gasteiger charge is 2.30. The molecule has 0 radical (unpaired) electrons. The lowest BCUT2D eigenvalue weighted by Gasteiger charge is -2.34. The van der Waals surface area contributed by atoms with Gasteiger partial charge in [-0.05, 0) is 11.3 Å². The second-order valence-electron chi connectivity index (χ2n) is 6.78. The molecular formula is C15H26N4O3. The van der Waals surface area contributed by atoms with Gasteiger partial charge in [-0.25, -0.2) is 4.79 Å². The summed E-state index contributed by atoms with van der Waals surface area (Å²) in [6, 6.07) is -0.0674. The first kappa shape index (κ1) is 16.7. The van der Waals surface area contributed by atoms with E-state index in [2.05, 4.69) is 43.2 Å². The van der Waals surface area contributed by atoms with Crippen molar-refractivity contribution in [2.45, 2.75) is 40.7 Å². The van der Waals surface area contributed by atoms with Gasteiger partial charge in [-0.2, -0.15) is 4.98 Å². The monoisotopic (exact) mass is 310 g/mol. The van der Waals surface area contributed by atoms with Gasteiger partial charge in [-0.15, -0.1) is 0 Å². The lowest BCUT2D eigenvalue weighted by molar-refractivity contribution is -0.0212. The molecule has 1 aliphatic rings. The highest BCUT2D eigenvalue weighted by Crippen LogP contribution is 2.25. The van der Waals surface area contributed by atoms with Crippen LogP contribution < -0.4 is 5.32 Å². The van der Waals surface area contributed by atoms with E-state index in [1.165, 1.54) is 0 Å². The molecule has 7 heteroatoms. The minimum atomic E-state index is -0.324. The van der Waals surface area contributed by atoms with Crippen LogP contribution in [-0.2, 0) is 4.74 Å². The predicted octanol–water partition coefficient (Wildman–Crippen LogP) is 2.14. The topological polar surface area (TPSA) is 80.5 Å². The highest BCUT2D eigenvalue weighted by molar-refractivity contribution is 5.74. The van der Waals surface area contributed by atoms with Crippen molar-refractivity contribution in [2.75, 3.05) is 26.2 Å². The number of aryl methyl sites for hydroxylation is 1. The van der Waals surface area contributed by atoms with Crippen LogP contribution in [0.1, 0.15) is 45.5 Å². The smallest absolute Gasteiger partial charge is 0.317 e. The Morgan fingerprint density at radius 1 is 1.50 bits per heavy atom. The molecule has 1 atom stereocenters. The number of hydrogen-bond donors (Lipinski definition) is 1. The van der Waals surface area contributed by atoms with Gasteiger partial charge in [0.1, 0.15) is 6.10 Å². The Morgan fingerprint density at radius 2 is 2.23 bits per heavy atom. The Balaban J connectivity index is 1.90. The minimum absolute atomic E-state index is 0.0616. The summed E-state index contributed by atoms with van der Waals surface area (Å²) in [6.07, 6.45) is -0.324. The fourth-order valence-electron chi connectivity index (χ4n) is 2.06. The van der Waals surface area contributed by atoms with E-state index in [9.17, 15) is 4.79 Å². The van der Waals surface area contributed by atoms with Crippen molar-refractivity contribution in [1.29, 1.82) is 0 Å². The van der Waals surface area contributed by atoms with Crippen LogP contribution in [0.25, 0.3) is 0 Å². The fraction of sp³-hybridized carbons (Fsp3) is 0.800. The zero-order valence-electron chi connectivity index (χ0n) is 14.0. The average molecular weight is 310 g/mol. The molecule has 0 aromatic carbocycles. The number of morpholine rings is 1. The summed E-state index contributed by atoms with van der Waals surface area (Å²) < 4.78 is 10.6. The van der Waals surface area contributed by atoms with E-state index in [1.54, 1.807) is 11.8 Å². The largest absolute Gasteiger partial charge is 0.366 e. The standard InChI is InChI=1S/C15H26N4O3/c1-10(2)15(4,5)9-16-14(20)19-6-7-21-12(8-19)13-17-11(3)22-18-13/h10,12H,6-9H2,1-5H3,(H,16,20). The molecule has 7 nitrogen and oxygen atoms in total. The maximum atomic E-state index is 12.3. The van der Waals surface area contributed by atoms with Crippen molar-refractivity contribution in [3.63, 3.8) is 0 Å². The number of aromatic nitrogens is 2. The number of carbonyl (C=O) groups is 1. The van der Waals surface area contributed by atoms with Crippen molar-refractivity contribution < 1.29 is 14.1 Å². The normalized spacial score (nSPS) is 19.5. The highest BCUT2D eigenvalue weighted by atomic mass is 16.5. The molecule has 1 aliphatic heterocycles. The van der Waals surface area contributed by atoms with Gasteiger partial charge < -0.3 is 19.5 Å². The molecule has 22 heavy (non-hydrogen) atoms. The number of nitrogens with zero attached hydrogens (tertiary/aromatic N) is 3. The molecule has 1 aromatic heterocycles. The molecule has 0 saturated carbocycles. The predicted molar refractivity (Wildman–Crippen MR) is 81.3 cm³/mol. The first-order valence-electron chi connectivity index (χ1n) is 7.74. The van der Waals surface area contributed by atoms with Gasteiger partial charge in [0.05, 0.1) is 13.2 Å². The number of carbonyl (C=O) groups excluding carboxylic acids is 1. The molecule has 1 fully saturated rings. The number of rotatable bonds is 4. The first-order chi connectivity index (χ1) is 10.3. The van der Waals surface area contributed by atoms with Crippen LogP contribution in [0.15, 0.2) is 4.52 Å². The molecule has 2 heterocycles. The summed E-state index contributed by atoms with van der Waals surface area (Å²) in [4.78, 5) is 18.3.